The molecule has 0 fully saturated rings. The molecule has 0 unspecified atom stereocenters. The van der Waals surface area contributed by atoms with Gasteiger partial charge in [0.1, 0.15) is 18.1 Å². The van der Waals surface area contributed by atoms with Crippen LogP contribution in [0.1, 0.15) is 16.7 Å². The number of hydrogen-bond acceptors (Lipinski definition) is 6. The third-order valence-electron chi connectivity index (χ3n) is 3.41. The fourth-order valence-corrected chi connectivity index (χ4v) is 2.30. The van der Waals surface area contributed by atoms with Crippen LogP contribution in [0.15, 0.2) is 36.4 Å². The minimum Gasteiger partial charge on any atom is -0.459 e. The van der Waals surface area contributed by atoms with Gasteiger partial charge in [0.2, 0.25) is 0 Å². The lowest BCUT2D eigenvalue weighted by Crippen LogP contribution is -2.18. The molecule has 0 aromatic heterocycles. The summed E-state index contributed by atoms with van der Waals surface area (Å²) in [5.74, 6) is -0.446. The van der Waals surface area contributed by atoms with Gasteiger partial charge in [-0.3, -0.25) is 4.84 Å². The third kappa shape index (κ3) is 5.85. The van der Waals surface area contributed by atoms with E-state index in [0.717, 1.165) is 18.2 Å². The maximum Gasteiger partial charge on any atom is 0.416 e. The third-order valence-corrected chi connectivity index (χ3v) is 3.70. The van der Waals surface area contributed by atoms with Gasteiger partial charge in [-0.2, -0.15) is 18.4 Å². The summed E-state index contributed by atoms with van der Waals surface area (Å²) in [6.45, 7) is -0.539. The lowest BCUT2D eigenvalue weighted by molar-refractivity contribution is -0.152. The van der Waals surface area contributed by atoms with E-state index in [1.54, 1.807) is 0 Å². The van der Waals surface area contributed by atoms with Crippen molar-refractivity contribution in [1.29, 1.82) is 5.26 Å². The molecule has 0 saturated heterocycles. The summed E-state index contributed by atoms with van der Waals surface area (Å²) in [7, 11) is 1.48. The number of nitrogens with zero attached hydrogens (tertiary/aromatic N) is 1. The molecule has 1 N–H and O–H groups in total. The number of carbonyl (C=O) groups is 1. The Morgan fingerprint density at radius 3 is 2.61 bits per heavy atom. The molecule has 0 saturated carbocycles. The first-order valence-electron chi connectivity index (χ1n) is 7.76. The number of hydrogen-bond donors (Lipinski definition) is 1. The molecule has 0 atom stereocenters. The molecule has 2 aromatic rings. The predicted molar refractivity (Wildman–Crippen MR) is 92.5 cm³/mol. The van der Waals surface area contributed by atoms with Crippen LogP contribution in [-0.2, 0) is 27.2 Å². The molecule has 0 radical (unpaired) electrons. The number of ether oxygens (including phenoxy) is 2. The molecular formula is C18H14ClF3N2O4. The molecule has 0 aliphatic carbocycles. The van der Waals surface area contributed by atoms with Crippen LogP contribution in [0.4, 0.5) is 13.2 Å². The SMILES string of the molecule is CNOCC(=O)OCc1cc(Oc2ccc(C(F)(F)F)cc2Cl)ccc1C#N. The number of esters is 1. The Morgan fingerprint density at radius 2 is 2.00 bits per heavy atom. The quantitative estimate of drug-likeness (QED) is 0.540. The van der Waals surface area contributed by atoms with Gasteiger partial charge in [0.15, 0.2) is 6.61 Å². The fourth-order valence-electron chi connectivity index (χ4n) is 2.08. The van der Waals surface area contributed by atoms with Crippen molar-refractivity contribution in [3.63, 3.8) is 0 Å². The van der Waals surface area contributed by atoms with Crippen molar-refractivity contribution in [2.45, 2.75) is 12.8 Å². The standard InChI is InChI=1S/C18H14ClF3N2O4/c1-24-27-10-17(25)26-9-12-6-14(4-2-11(12)8-23)28-16-5-3-13(7-15(16)19)18(20,21)22/h2-7,24H,9-10H2,1H3. The number of nitrogens with one attached hydrogen (secondary N) is 1. The Labute approximate surface area is 163 Å². The maximum absolute atomic E-state index is 12.7. The second-order valence-electron chi connectivity index (χ2n) is 5.33. The fraction of sp³-hybridized carbons (Fsp3) is 0.222. The molecule has 10 heteroatoms. The maximum atomic E-state index is 12.7. The second kappa shape index (κ2) is 9.41. The van der Waals surface area contributed by atoms with Gasteiger partial charge >= 0.3 is 12.1 Å². The minimum atomic E-state index is -4.52. The smallest absolute Gasteiger partial charge is 0.416 e. The van der Waals surface area contributed by atoms with E-state index in [1.165, 1.54) is 25.2 Å². The molecule has 28 heavy (non-hydrogen) atoms. The van der Waals surface area contributed by atoms with Crippen molar-refractivity contribution in [2.75, 3.05) is 13.7 Å². The van der Waals surface area contributed by atoms with Gasteiger partial charge in [0.25, 0.3) is 0 Å². The molecular weight excluding hydrogens is 401 g/mol. The minimum absolute atomic E-state index is 0.00439. The highest BCUT2D eigenvalue weighted by Crippen LogP contribution is 2.36. The van der Waals surface area contributed by atoms with Crippen molar-refractivity contribution in [2.24, 2.45) is 0 Å². The van der Waals surface area contributed by atoms with Crippen molar-refractivity contribution in [3.05, 3.63) is 58.1 Å². The van der Waals surface area contributed by atoms with Crippen LogP contribution in [0.2, 0.25) is 5.02 Å². The molecule has 0 heterocycles. The zero-order valence-electron chi connectivity index (χ0n) is 14.5. The number of nitriles is 1. The van der Waals surface area contributed by atoms with E-state index in [9.17, 15) is 18.0 Å². The Balaban J connectivity index is 2.17. The van der Waals surface area contributed by atoms with E-state index in [1.807, 2.05) is 6.07 Å². The molecule has 0 amide bonds. The average molecular weight is 415 g/mol. The highest BCUT2D eigenvalue weighted by Gasteiger charge is 2.31. The predicted octanol–water partition coefficient (Wildman–Crippen LogP) is 4.22. The topological polar surface area (TPSA) is 80.6 Å². The van der Waals surface area contributed by atoms with E-state index < -0.39 is 17.7 Å². The lowest BCUT2D eigenvalue weighted by Gasteiger charge is -2.12. The first kappa shape index (κ1) is 21.5. The highest BCUT2D eigenvalue weighted by atomic mass is 35.5. The van der Waals surface area contributed by atoms with Crippen LogP contribution < -0.4 is 10.2 Å². The summed E-state index contributed by atoms with van der Waals surface area (Å²) in [6.07, 6.45) is -4.52. The second-order valence-corrected chi connectivity index (χ2v) is 5.74. The molecule has 6 nitrogen and oxygen atoms in total. The van der Waals surface area contributed by atoms with E-state index >= 15 is 0 Å². The summed E-state index contributed by atoms with van der Waals surface area (Å²) in [5, 5.41) is 8.94. The van der Waals surface area contributed by atoms with E-state index in [4.69, 9.17) is 26.3 Å². The van der Waals surface area contributed by atoms with Gasteiger partial charge in [-0.15, -0.1) is 0 Å². The Kier molecular flexibility index (Phi) is 7.23. The molecule has 0 bridgehead atoms. The highest BCUT2D eigenvalue weighted by molar-refractivity contribution is 6.32. The number of halogens is 4. The summed E-state index contributed by atoms with van der Waals surface area (Å²) < 4.78 is 48.6. The Bertz CT molecular complexity index is 897. The average Bonchev–Trinajstić information content (AvgIpc) is 2.65. The van der Waals surface area contributed by atoms with Gasteiger partial charge < -0.3 is 9.47 Å². The first-order chi connectivity index (χ1) is 13.2. The largest absolute Gasteiger partial charge is 0.459 e. The van der Waals surface area contributed by atoms with Crippen LogP contribution in [0.25, 0.3) is 0 Å². The molecule has 0 aliphatic heterocycles. The Morgan fingerprint density at radius 1 is 1.25 bits per heavy atom. The zero-order valence-corrected chi connectivity index (χ0v) is 15.2. The lowest BCUT2D eigenvalue weighted by atomic mass is 10.1. The summed E-state index contributed by atoms with van der Waals surface area (Å²) in [4.78, 5) is 16.2. The molecule has 2 aromatic carbocycles. The number of rotatable bonds is 7. The number of carbonyl (C=O) groups excluding carboxylic acids is 1. The molecule has 0 aliphatic rings. The normalized spacial score (nSPS) is 11.0. The van der Waals surface area contributed by atoms with E-state index in [0.29, 0.717) is 5.56 Å². The number of benzene rings is 2. The van der Waals surface area contributed by atoms with Crippen molar-refractivity contribution in [3.8, 4) is 17.6 Å². The summed E-state index contributed by atoms with van der Waals surface area (Å²) >= 11 is 5.87. The van der Waals surface area contributed by atoms with Crippen molar-refractivity contribution < 1.29 is 32.3 Å². The van der Waals surface area contributed by atoms with Crippen LogP contribution in [0, 0.1) is 11.3 Å². The van der Waals surface area contributed by atoms with E-state index in [-0.39, 0.29) is 35.3 Å². The van der Waals surface area contributed by atoms with Gasteiger partial charge in [-0.05, 0) is 36.4 Å². The van der Waals surface area contributed by atoms with E-state index in [2.05, 4.69) is 10.3 Å². The monoisotopic (exact) mass is 414 g/mol. The number of alkyl halides is 3. The zero-order chi connectivity index (χ0) is 20.7. The first-order valence-corrected chi connectivity index (χ1v) is 8.14. The van der Waals surface area contributed by atoms with Crippen molar-refractivity contribution >= 4 is 17.6 Å². The van der Waals surface area contributed by atoms with Crippen LogP contribution in [0.3, 0.4) is 0 Å². The summed E-state index contributed by atoms with van der Waals surface area (Å²) in [6, 6.07) is 8.95. The van der Waals surface area contributed by atoms with Gasteiger partial charge in [0, 0.05) is 12.6 Å². The van der Waals surface area contributed by atoms with Crippen LogP contribution >= 0.6 is 11.6 Å². The molecule has 0 spiro atoms. The van der Waals surface area contributed by atoms with Crippen LogP contribution in [-0.4, -0.2) is 19.6 Å². The van der Waals surface area contributed by atoms with Gasteiger partial charge in [-0.25, -0.2) is 10.3 Å². The Hall–Kier alpha value is -2.80. The molecule has 148 valence electrons. The van der Waals surface area contributed by atoms with Gasteiger partial charge in [-0.1, -0.05) is 11.6 Å². The van der Waals surface area contributed by atoms with Gasteiger partial charge in [0.05, 0.1) is 22.2 Å². The van der Waals surface area contributed by atoms with Crippen molar-refractivity contribution in [1.82, 2.24) is 5.48 Å². The summed E-state index contributed by atoms with van der Waals surface area (Å²) in [5.41, 5.74) is 2.01. The number of hydroxylamine groups is 1. The van der Waals surface area contributed by atoms with Crippen LogP contribution in [0.5, 0.6) is 11.5 Å². The molecule has 2 rings (SSSR count).